The summed E-state index contributed by atoms with van der Waals surface area (Å²) in [5.74, 6) is 1.59. The Bertz CT molecular complexity index is 534. The maximum absolute atomic E-state index is 12.1. The van der Waals surface area contributed by atoms with Gasteiger partial charge in [0.25, 0.3) is 0 Å². The predicted molar refractivity (Wildman–Crippen MR) is 80.2 cm³/mol. The highest BCUT2D eigenvalue weighted by Gasteiger charge is 2.21. The van der Waals surface area contributed by atoms with E-state index in [4.69, 9.17) is 4.74 Å². The molecule has 0 spiro atoms. The molecule has 1 unspecified atom stereocenters. The predicted octanol–water partition coefficient (Wildman–Crippen LogP) is 3.19. The average Bonchev–Trinajstić information content (AvgIpc) is 2.48. The minimum atomic E-state index is -0.0793. The molecule has 0 aliphatic rings. The molecule has 0 N–H and O–H groups in total. The summed E-state index contributed by atoms with van der Waals surface area (Å²) in [6.45, 7) is 0. The molecule has 3 heteroatoms. The second-order valence-electron chi connectivity index (χ2n) is 4.25. The summed E-state index contributed by atoms with van der Waals surface area (Å²) in [5, 5.41) is 0. The van der Waals surface area contributed by atoms with Gasteiger partial charge in [-0.25, -0.2) is 0 Å². The van der Waals surface area contributed by atoms with Crippen LogP contribution in [0.5, 0.6) is 5.75 Å². The second-order valence-corrected chi connectivity index (χ2v) is 6.28. The lowest BCUT2D eigenvalue weighted by atomic mass is 10.2. The molecule has 2 rings (SSSR count). The van der Waals surface area contributed by atoms with Crippen LogP contribution >= 0.6 is 0 Å². The Kier molecular flexibility index (Phi) is 4.63. The van der Waals surface area contributed by atoms with Gasteiger partial charge in [0.2, 0.25) is 5.78 Å². The highest BCUT2D eigenvalue weighted by Crippen LogP contribution is 2.18. The third kappa shape index (κ3) is 3.61. The van der Waals surface area contributed by atoms with Crippen molar-refractivity contribution in [3.8, 4) is 5.75 Å². The lowest BCUT2D eigenvalue weighted by Crippen LogP contribution is -2.15. The van der Waals surface area contributed by atoms with Gasteiger partial charge in [0.05, 0.1) is 7.11 Å². The summed E-state index contributed by atoms with van der Waals surface area (Å²) in [5.41, 5.74) is 0.787. The fourth-order valence-electron chi connectivity index (χ4n) is 1.80. The molecule has 0 saturated carbocycles. The third-order valence-corrected chi connectivity index (χ3v) is 4.68. The molecule has 2 aromatic rings. The maximum atomic E-state index is 12.1. The SMILES string of the molecule is COc1ccc([S+](C)CC(=O)c2ccccc2)cc1. The molecule has 0 heterocycles. The number of methoxy groups -OCH3 is 1. The van der Waals surface area contributed by atoms with Crippen molar-refractivity contribution in [2.75, 3.05) is 19.1 Å². The first-order valence-corrected chi connectivity index (χ1v) is 7.86. The minimum Gasteiger partial charge on any atom is -0.497 e. The van der Waals surface area contributed by atoms with E-state index in [0.29, 0.717) is 5.75 Å². The lowest BCUT2D eigenvalue weighted by Gasteiger charge is -2.04. The monoisotopic (exact) mass is 273 g/mol. The molecule has 0 aliphatic carbocycles. The highest BCUT2D eigenvalue weighted by molar-refractivity contribution is 7.96. The zero-order valence-corrected chi connectivity index (χ0v) is 11.9. The molecule has 0 saturated heterocycles. The first-order chi connectivity index (χ1) is 9.20. The molecule has 0 aromatic heterocycles. The van der Waals surface area contributed by atoms with Gasteiger partial charge >= 0.3 is 0 Å². The van der Waals surface area contributed by atoms with Crippen LogP contribution in [0.4, 0.5) is 0 Å². The number of Topliss-reactive ketones (excluding diaryl/α,β-unsaturated/α-hetero) is 1. The number of hydrogen-bond donors (Lipinski definition) is 0. The normalized spacial score (nSPS) is 11.9. The molecule has 0 amide bonds. The Labute approximate surface area is 116 Å². The van der Waals surface area contributed by atoms with Crippen LogP contribution in [0, 0.1) is 0 Å². The number of ketones is 1. The van der Waals surface area contributed by atoms with Gasteiger partial charge in [0.1, 0.15) is 12.0 Å². The smallest absolute Gasteiger partial charge is 0.212 e. The van der Waals surface area contributed by atoms with E-state index in [-0.39, 0.29) is 16.7 Å². The molecule has 2 nitrogen and oxygen atoms in total. The summed E-state index contributed by atoms with van der Waals surface area (Å²) >= 11 is 0. The van der Waals surface area contributed by atoms with E-state index in [1.54, 1.807) is 7.11 Å². The summed E-state index contributed by atoms with van der Waals surface area (Å²) < 4.78 is 5.14. The van der Waals surface area contributed by atoms with Crippen LogP contribution in [-0.4, -0.2) is 24.9 Å². The topological polar surface area (TPSA) is 26.3 Å². The molecule has 0 fully saturated rings. The van der Waals surface area contributed by atoms with E-state index >= 15 is 0 Å². The molecule has 98 valence electrons. The van der Waals surface area contributed by atoms with E-state index in [9.17, 15) is 4.79 Å². The van der Waals surface area contributed by atoms with E-state index in [0.717, 1.165) is 11.3 Å². The van der Waals surface area contributed by atoms with Gasteiger partial charge in [-0.3, -0.25) is 4.79 Å². The zero-order chi connectivity index (χ0) is 13.7. The van der Waals surface area contributed by atoms with E-state index in [1.807, 2.05) is 54.6 Å². The van der Waals surface area contributed by atoms with Gasteiger partial charge in [0, 0.05) is 16.5 Å². The molecule has 19 heavy (non-hydrogen) atoms. The quantitative estimate of drug-likeness (QED) is 0.618. The molecule has 0 aliphatic heterocycles. The Morgan fingerprint density at radius 1 is 1.05 bits per heavy atom. The standard InChI is InChI=1S/C16H17O2S/c1-18-14-8-10-15(11-9-14)19(2)12-16(17)13-6-4-3-5-7-13/h3-11H,12H2,1-2H3/q+1. The van der Waals surface area contributed by atoms with Crippen molar-refractivity contribution in [2.24, 2.45) is 0 Å². The van der Waals surface area contributed by atoms with Gasteiger partial charge in [-0.2, -0.15) is 0 Å². The Morgan fingerprint density at radius 3 is 2.26 bits per heavy atom. The molecule has 0 radical (unpaired) electrons. The van der Waals surface area contributed by atoms with Gasteiger partial charge in [0.15, 0.2) is 10.6 Å². The average molecular weight is 273 g/mol. The third-order valence-electron chi connectivity index (χ3n) is 2.91. The summed E-state index contributed by atoms with van der Waals surface area (Å²) in [6, 6.07) is 17.4. The fourth-order valence-corrected chi connectivity index (χ4v) is 3.12. The van der Waals surface area contributed by atoms with Gasteiger partial charge in [-0.15, -0.1) is 0 Å². The highest BCUT2D eigenvalue weighted by atomic mass is 32.2. The van der Waals surface area contributed by atoms with Crippen LogP contribution in [0.1, 0.15) is 10.4 Å². The van der Waals surface area contributed by atoms with Crippen LogP contribution in [-0.2, 0) is 10.9 Å². The Balaban J connectivity index is 2.04. The number of hydrogen-bond acceptors (Lipinski definition) is 2. The maximum Gasteiger partial charge on any atom is 0.212 e. The van der Waals surface area contributed by atoms with Crippen molar-refractivity contribution in [1.29, 1.82) is 0 Å². The van der Waals surface area contributed by atoms with Crippen molar-refractivity contribution >= 4 is 16.7 Å². The van der Waals surface area contributed by atoms with E-state index < -0.39 is 0 Å². The first-order valence-electron chi connectivity index (χ1n) is 6.05. The van der Waals surface area contributed by atoms with Crippen molar-refractivity contribution in [1.82, 2.24) is 0 Å². The largest absolute Gasteiger partial charge is 0.497 e. The Morgan fingerprint density at radius 2 is 1.68 bits per heavy atom. The minimum absolute atomic E-state index is 0.0793. The van der Waals surface area contributed by atoms with Crippen molar-refractivity contribution in [3.05, 3.63) is 60.2 Å². The van der Waals surface area contributed by atoms with E-state index in [1.165, 1.54) is 4.90 Å². The van der Waals surface area contributed by atoms with Gasteiger partial charge < -0.3 is 4.74 Å². The number of carbonyl (C=O) groups excluding carboxylic acids is 1. The van der Waals surface area contributed by atoms with E-state index in [2.05, 4.69) is 6.26 Å². The van der Waals surface area contributed by atoms with Crippen molar-refractivity contribution in [3.63, 3.8) is 0 Å². The number of benzene rings is 2. The first kappa shape index (κ1) is 13.7. The molecule has 2 aromatic carbocycles. The van der Waals surface area contributed by atoms with Crippen molar-refractivity contribution in [2.45, 2.75) is 4.90 Å². The zero-order valence-electron chi connectivity index (χ0n) is 11.1. The lowest BCUT2D eigenvalue weighted by molar-refractivity contribution is 0.102. The molecule has 1 atom stereocenters. The van der Waals surface area contributed by atoms with Crippen molar-refractivity contribution < 1.29 is 9.53 Å². The molecular weight excluding hydrogens is 256 g/mol. The van der Waals surface area contributed by atoms with Gasteiger partial charge in [-0.05, 0) is 24.3 Å². The van der Waals surface area contributed by atoms with Crippen LogP contribution in [0.2, 0.25) is 0 Å². The summed E-state index contributed by atoms with van der Waals surface area (Å²) in [7, 11) is 1.57. The second kappa shape index (κ2) is 6.43. The summed E-state index contributed by atoms with van der Waals surface area (Å²) in [4.78, 5) is 13.3. The van der Waals surface area contributed by atoms with Crippen LogP contribution < -0.4 is 4.74 Å². The van der Waals surface area contributed by atoms with Crippen LogP contribution in [0.25, 0.3) is 0 Å². The molecular formula is C16H17O2S+. The van der Waals surface area contributed by atoms with Crippen LogP contribution in [0.15, 0.2) is 59.5 Å². The van der Waals surface area contributed by atoms with Crippen LogP contribution in [0.3, 0.4) is 0 Å². The number of ether oxygens (including phenoxy) is 1. The molecule has 0 bridgehead atoms. The number of carbonyl (C=O) groups is 1. The summed E-state index contributed by atoms with van der Waals surface area (Å²) in [6.07, 6.45) is 2.10. The fraction of sp³-hybridized carbons (Fsp3) is 0.188. The van der Waals surface area contributed by atoms with Gasteiger partial charge in [-0.1, -0.05) is 30.3 Å². The number of rotatable bonds is 5. The Hall–Kier alpha value is -1.74.